The van der Waals surface area contributed by atoms with Gasteiger partial charge in [0.05, 0.1) is 12.5 Å². The molecule has 0 bridgehead atoms. The molecule has 0 aliphatic heterocycles. The van der Waals surface area contributed by atoms with E-state index < -0.39 is 0 Å². The lowest BCUT2D eigenvalue weighted by atomic mass is 10.1. The van der Waals surface area contributed by atoms with Crippen LogP contribution in [-0.2, 0) is 16.0 Å². The summed E-state index contributed by atoms with van der Waals surface area (Å²) in [6.45, 7) is 4.34. The smallest absolute Gasteiger partial charge is 0.317 e. The minimum absolute atomic E-state index is 0.0151. The molecule has 0 radical (unpaired) electrons. The van der Waals surface area contributed by atoms with E-state index in [1.54, 1.807) is 0 Å². The molecule has 2 nitrogen and oxygen atoms in total. The van der Waals surface area contributed by atoms with Gasteiger partial charge in [-0.15, -0.1) is 0 Å². The highest BCUT2D eigenvalue weighted by molar-refractivity contribution is 5.85. The van der Waals surface area contributed by atoms with Crippen LogP contribution < -0.4 is 0 Å². The molecule has 0 N–H and O–H groups in total. The van der Waals surface area contributed by atoms with Gasteiger partial charge in [-0.25, -0.2) is 0 Å². The van der Waals surface area contributed by atoms with E-state index in [4.69, 9.17) is 4.74 Å². The van der Waals surface area contributed by atoms with Crippen LogP contribution in [-0.4, -0.2) is 12.6 Å². The standard InChI is InChI=1S/C15H18O2/c1-3-17-15(16)14-11(2)13(14)10-9-12-7-5-4-6-8-12/h4-8,14H,3,9-10H2,1-2H3/t14-/m0/s1. The van der Waals surface area contributed by atoms with Crippen LogP contribution in [0, 0.1) is 5.92 Å². The van der Waals surface area contributed by atoms with Gasteiger partial charge in [0.1, 0.15) is 0 Å². The van der Waals surface area contributed by atoms with Crippen molar-refractivity contribution in [3.8, 4) is 0 Å². The van der Waals surface area contributed by atoms with Gasteiger partial charge in [-0.2, -0.15) is 0 Å². The van der Waals surface area contributed by atoms with Crippen LogP contribution in [0.25, 0.3) is 0 Å². The summed E-state index contributed by atoms with van der Waals surface area (Å²) in [6, 6.07) is 10.4. The Balaban J connectivity index is 1.84. The van der Waals surface area contributed by atoms with E-state index in [0.717, 1.165) is 12.8 Å². The molecule has 2 heteroatoms. The summed E-state index contributed by atoms with van der Waals surface area (Å²) >= 11 is 0. The fourth-order valence-corrected chi connectivity index (χ4v) is 2.20. The number of rotatable bonds is 5. The zero-order valence-electron chi connectivity index (χ0n) is 10.4. The van der Waals surface area contributed by atoms with Crippen LogP contribution in [0.5, 0.6) is 0 Å². The summed E-state index contributed by atoms with van der Waals surface area (Å²) in [5, 5.41) is 0. The summed E-state index contributed by atoms with van der Waals surface area (Å²) < 4.78 is 5.04. The number of aryl methyl sites for hydroxylation is 1. The number of esters is 1. The van der Waals surface area contributed by atoms with Crippen molar-refractivity contribution in [1.82, 2.24) is 0 Å². The summed E-state index contributed by atoms with van der Waals surface area (Å²) in [5.41, 5.74) is 3.80. The number of hydrogen-bond acceptors (Lipinski definition) is 2. The average Bonchev–Trinajstić information content (AvgIpc) is 2.99. The van der Waals surface area contributed by atoms with E-state index in [2.05, 4.69) is 12.1 Å². The summed E-state index contributed by atoms with van der Waals surface area (Å²) in [7, 11) is 0. The van der Waals surface area contributed by atoms with Crippen LogP contribution in [0.3, 0.4) is 0 Å². The fraction of sp³-hybridized carbons (Fsp3) is 0.400. The van der Waals surface area contributed by atoms with Gasteiger partial charge in [-0.05, 0) is 32.3 Å². The molecule has 0 unspecified atom stereocenters. The van der Waals surface area contributed by atoms with Crippen molar-refractivity contribution in [3.63, 3.8) is 0 Å². The number of ether oxygens (including phenoxy) is 1. The Hall–Kier alpha value is -1.57. The second-order valence-electron chi connectivity index (χ2n) is 4.38. The van der Waals surface area contributed by atoms with Gasteiger partial charge in [-0.3, -0.25) is 4.79 Å². The van der Waals surface area contributed by atoms with Crippen LogP contribution in [0.2, 0.25) is 0 Å². The summed E-state index contributed by atoms with van der Waals surface area (Å²) in [5.74, 6) is -0.0910. The Bertz CT molecular complexity index is 431. The lowest BCUT2D eigenvalue weighted by Crippen LogP contribution is -2.09. The van der Waals surface area contributed by atoms with Crippen LogP contribution in [0.1, 0.15) is 25.8 Å². The van der Waals surface area contributed by atoms with E-state index in [9.17, 15) is 4.79 Å². The van der Waals surface area contributed by atoms with Crippen LogP contribution in [0.15, 0.2) is 41.5 Å². The van der Waals surface area contributed by atoms with Crippen LogP contribution >= 0.6 is 0 Å². The van der Waals surface area contributed by atoms with E-state index in [1.807, 2.05) is 32.0 Å². The van der Waals surface area contributed by atoms with Crippen molar-refractivity contribution in [3.05, 3.63) is 47.0 Å². The predicted octanol–water partition coefficient (Wildman–Crippen LogP) is 3.13. The van der Waals surface area contributed by atoms with Gasteiger partial charge in [0.2, 0.25) is 0 Å². The first-order valence-electron chi connectivity index (χ1n) is 6.14. The Morgan fingerprint density at radius 3 is 2.59 bits per heavy atom. The molecule has 0 saturated carbocycles. The van der Waals surface area contributed by atoms with E-state index in [0.29, 0.717) is 6.61 Å². The second kappa shape index (κ2) is 5.17. The molecule has 0 spiro atoms. The average molecular weight is 230 g/mol. The zero-order chi connectivity index (χ0) is 12.3. The van der Waals surface area contributed by atoms with E-state index >= 15 is 0 Å². The molecule has 1 aromatic rings. The molecule has 1 aliphatic carbocycles. The molecular formula is C15H18O2. The van der Waals surface area contributed by atoms with Gasteiger partial charge >= 0.3 is 5.97 Å². The largest absolute Gasteiger partial charge is 0.465 e. The van der Waals surface area contributed by atoms with Crippen molar-refractivity contribution in [1.29, 1.82) is 0 Å². The highest BCUT2D eigenvalue weighted by Gasteiger charge is 2.39. The molecule has 0 heterocycles. The number of carbonyl (C=O) groups is 1. The molecule has 0 saturated heterocycles. The van der Waals surface area contributed by atoms with Crippen molar-refractivity contribution >= 4 is 5.97 Å². The lowest BCUT2D eigenvalue weighted by molar-refractivity contribution is -0.144. The first kappa shape index (κ1) is 11.9. The Morgan fingerprint density at radius 1 is 1.24 bits per heavy atom. The third-order valence-electron chi connectivity index (χ3n) is 3.25. The molecule has 0 aromatic heterocycles. The third-order valence-corrected chi connectivity index (χ3v) is 3.25. The van der Waals surface area contributed by atoms with Crippen molar-refractivity contribution in [2.45, 2.75) is 26.7 Å². The predicted molar refractivity (Wildman–Crippen MR) is 67.6 cm³/mol. The van der Waals surface area contributed by atoms with Crippen molar-refractivity contribution < 1.29 is 9.53 Å². The zero-order valence-corrected chi connectivity index (χ0v) is 10.4. The molecule has 1 aliphatic rings. The Kier molecular flexibility index (Phi) is 3.62. The molecule has 1 atom stereocenters. The monoisotopic (exact) mass is 230 g/mol. The minimum Gasteiger partial charge on any atom is -0.465 e. The quantitative estimate of drug-likeness (QED) is 0.574. The molecular weight excluding hydrogens is 212 g/mol. The van der Waals surface area contributed by atoms with Gasteiger partial charge in [0.25, 0.3) is 0 Å². The Morgan fingerprint density at radius 2 is 1.94 bits per heavy atom. The Labute approximate surface area is 102 Å². The molecule has 0 fully saturated rings. The maximum atomic E-state index is 11.6. The lowest BCUT2D eigenvalue weighted by Gasteiger charge is -2.02. The van der Waals surface area contributed by atoms with Gasteiger partial charge < -0.3 is 4.74 Å². The second-order valence-corrected chi connectivity index (χ2v) is 4.38. The van der Waals surface area contributed by atoms with Gasteiger partial charge in [0, 0.05) is 0 Å². The fourth-order valence-electron chi connectivity index (χ4n) is 2.20. The summed E-state index contributed by atoms with van der Waals surface area (Å²) in [4.78, 5) is 11.6. The highest BCUT2D eigenvalue weighted by atomic mass is 16.5. The molecule has 90 valence electrons. The van der Waals surface area contributed by atoms with Gasteiger partial charge in [0.15, 0.2) is 0 Å². The first-order chi connectivity index (χ1) is 8.24. The number of carbonyl (C=O) groups excluding carboxylic acids is 1. The minimum atomic E-state index is -0.0759. The molecule has 17 heavy (non-hydrogen) atoms. The molecule has 2 rings (SSSR count). The number of benzene rings is 1. The van der Waals surface area contributed by atoms with Gasteiger partial charge in [-0.1, -0.05) is 41.5 Å². The first-order valence-corrected chi connectivity index (χ1v) is 6.14. The normalized spacial score (nSPS) is 18.1. The maximum absolute atomic E-state index is 11.6. The molecule has 0 amide bonds. The van der Waals surface area contributed by atoms with E-state index in [-0.39, 0.29) is 11.9 Å². The van der Waals surface area contributed by atoms with E-state index in [1.165, 1.54) is 16.7 Å². The summed E-state index contributed by atoms with van der Waals surface area (Å²) in [6.07, 6.45) is 1.97. The van der Waals surface area contributed by atoms with Crippen molar-refractivity contribution in [2.24, 2.45) is 5.92 Å². The van der Waals surface area contributed by atoms with Crippen LogP contribution in [0.4, 0.5) is 0 Å². The number of hydrogen-bond donors (Lipinski definition) is 0. The maximum Gasteiger partial charge on any atom is 0.317 e. The molecule has 1 aromatic carbocycles. The topological polar surface area (TPSA) is 26.3 Å². The third kappa shape index (κ3) is 2.76. The highest BCUT2D eigenvalue weighted by Crippen LogP contribution is 2.42. The SMILES string of the molecule is CCOC(=O)[C@H]1C(C)=C1CCc1ccccc1. The van der Waals surface area contributed by atoms with Crippen molar-refractivity contribution in [2.75, 3.05) is 6.61 Å².